The number of rotatable bonds is 13. The first kappa shape index (κ1) is 32.1. The van der Waals surface area contributed by atoms with Gasteiger partial charge in [0.1, 0.15) is 18.3 Å². The molecule has 0 bridgehead atoms. The fourth-order valence-corrected chi connectivity index (χ4v) is 6.08. The Morgan fingerprint density at radius 1 is 0.976 bits per heavy atom. The Hall–Kier alpha value is -3.37. The zero-order valence-corrected chi connectivity index (χ0v) is 26.5. The van der Waals surface area contributed by atoms with E-state index in [0.29, 0.717) is 22.3 Å². The van der Waals surface area contributed by atoms with Crippen molar-refractivity contribution in [3.63, 3.8) is 0 Å². The number of methoxy groups -OCH3 is 1. The van der Waals surface area contributed by atoms with Crippen molar-refractivity contribution in [2.24, 2.45) is 0 Å². The van der Waals surface area contributed by atoms with E-state index in [9.17, 15) is 18.0 Å². The fourth-order valence-electron chi connectivity index (χ4n) is 4.29. The van der Waals surface area contributed by atoms with Crippen LogP contribution < -0.4 is 14.4 Å². The number of carbonyl (C=O) groups is 2. The van der Waals surface area contributed by atoms with Crippen molar-refractivity contribution in [3.05, 3.63) is 88.4 Å². The highest BCUT2D eigenvalue weighted by molar-refractivity contribution is 9.10. The van der Waals surface area contributed by atoms with E-state index in [2.05, 4.69) is 21.2 Å². The lowest BCUT2D eigenvalue weighted by Crippen LogP contribution is -2.53. The largest absolute Gasteiger partial charge is 0.497 e. The lowest BCUT2D eigenvalue weighted by molar-refractivity contribution is -0.140. The number of carbonyl (C=O) groups excluding carboxylic acids is 2. The smallest absolute Gasteiger partial charge is 0.264 e. The second-order valence-corrected chi connectivity index (χ2v) is 12.7. The molecule has 0 fully saturated rings. The molecule has 0 radical (unpaired) electrons. The maximum absolute atomic E-state index is 14.1. The molecule has 2 atom stereocenters. The highest BCUT2D eigenvalue weighted by atomic mass is 79.9. The summed E-state index contributed by atoms with van der Waals surface area (Å²) in [5.41, 5.74) is 2.02. The molecular formula is C31H38BrN3O5S. The topological polar surface area (TPSA) is 96.0 Å². The molecule has 3 rings (SSSR count). The quantitative estimate of drug-likeness (QED) is 0.258. The molecule has 0 aliphatic heterocycles. The summed E-state index contributed by atoms with van der Waals surface area (Å²) in [5.74, 6) is -0.111. The van der Waals surface area contributed by atoms with Gasteiger partial charge in [-0.15, -0.1) is 0 Å². The lowest BCUT2D eigenvalue weighted by atomic mass is 10.1. The van der Waals surface area contributed by atoms with E-state index in [1.807, 2.05) is 39.8 Å². The Labute approximate surface area is 251 Å². The van der Waals surface area contributed by atoms with Crippen molar-refractivity contribution in [1.82, 2.24) is 10.2 Å². The number of benzene rings is 3. The standard InChI is InChI=1S/C31H38BrN3O5S/c1-6-23(4)33-31(37)29(7-2)34(20-24-13-15-27(40-5)16-14-24)30(36)21-35(26-10-8-9-25(32)19-26)41(38,39)28-17-11-22(3)12-18-28/h8-19,23,29H,6-7,20-21H2,1-5H3,(H,33,37)/t23-,29-/m0/s1. The summed E-state index contributed by atoms with van der Waals surface area (Å²) in [5, 5.41) is 2.98. The molecule has 0 aromatic heterocycles. The predicted molar refractivity (Wildman–Crippen MR) is 165 cm³/mol. The highest BCUT2D eigenvalue weighted by Gasteiger charge is 2.34. The van der Waals surface area contributed by atoms with E-state index < -0.39 is 28.5 Å². The molecule has 0 saturated carbocycles. The number of anilines is 1. The summed E-state index contributed by atoms with van der Waals surface area (Å²) >= 11 is 3.42. The van der Waals surface area contributed by atoms with Crippen LogP contribution in [0, 0.1) is 6.92 Å². The number of nitrogens with one attached hydrogen (secondary N) is 1. The Kier molecular flexibility index (Phi) is 11.4. The number of nitrogens with zero attached hydrogens (tertiary/aromatic N) is 2. The summed E-state index contributed by atoms with van der Waals surface area (Å²) in [6.45, 7) is 7.21. The Bertz CT molecular complexity index is 1430. The molecule has 41 heavy (non-hydrogen) atoms. The monoisotopic (exact) mass is 643 g/mol. The van der Waals surface area contributed by atoms with Crippen LogP contribution in [0.4, 0.5) is 5.69 Å². The normalized spacial score (nSPS) is 12.7. The molecule has 0 heterocycles. The maximum Gasteiger partial charge on any atom is 0.264 e. The van der Waals surface area contributed by atoms with Gasteiger partial charge in [-0.2, -0.15) is 0 Å². The first-order chi connectivity index (χ1) is 19.5. The van der Waals surface area contributed by atoms with E-state index in [1.54, 1.807) is 55.6 Å². The van der Waals surface area contributed by atoms with Crippen molar-refractivity contribution in [1.29, 1.82) is 0 Å². The van der Waals surface area contributed by atoms with Crippen LogP contribution in [-0.4, -0.2) is 50.9 Å². The third kappa shape index (κ3) is 8.33. The molecule has 2 amide bonds. The van der Waals surface area contributed by atoms with Gasteiger partial charge in [0.05, 0.1) is 17.7 Å². The van der Waals surface area contributed by atoms with Gasteiger partial charge in [-0.05, 0) is 74.7 Å². The van der Waals surface area contributed by atoms with Gasteiger partial charge in [0.15, 0.2) is 0 Å². The molecule has 10 heteroatoms. The number of halogens is 1. The van der Waals surface area contributed by atoms with Crippen LogP contribution in [0.3, 0.4) is 0 Å². The molecule has 0 unspecified atom stereocenters. The Morgan fingerprint density at radius 3 is 2.20 bits per heavy atom. The molecule has 0 spiro atoms. The van der Waals surface area contributed by atoms with Gasteiger partial charge in [0.2, 0.25) is 11.8 Å². The number of hydrogen-bond donors (Lipinski definition) is 1. The summed E-state index contributed by atoms with van der Waals surface area (Å²) in [6, 6.07) is 19.6. The molecule has 3 aromatic rings. The minimum absolute atomic E-state index is 0.0686. The van der Waals surface area contributed by atoms with Gasteiger partial charge in [0, 0.05) is 17.1 Å². The van der Waals surface area contributed by atoms with Gasteiger partial charge in [0.25, 0.3) is 10.0 Å². The average Bonchev–Trinajstić information content (AvgIpc) is 2.96. The van der Waals surface area contributed by atoms with Gasteiger partial charge >= 0.3 is 0 Å². The van der Waals surface area contributed by atoms with Crippen molar-refractivity contribution >= 4 is 43.5 Å². The van der Waals surface area contributed by atoms with Crippen molar-refractivity contribution in [3.8, 4) is 5.75 Å². The van der Waals surface area contributed by atoms with Crippen LogP contribution in [-0.2, 0) is 26.2 Å². The molecule has 0 aliphatic carbocycles. The molecule has 8 nitrogen and oxygen atoms in total. The number of amides is 2. The number of hydrogen-bond acceptors (Lipinski definition) is 5. The molecular weight excluding hydrogens is 606 g/mol. The van der Waals surface area contributed by atoms with E-state index in [-0.39, 0.29) is 23.4 Å². The zero-order chi connectivity index (χ0) is 30.2. The van der Waals surface area contributed by atoms with E-state index >= 15 is 0 Å². The van der Waals surface area contributed by atoms with E-state index in [0.717, 1.165) is 21.9 Å². The fraction of sp³-hybridized carbons (Fsp3) is 0.355. The molecule has 0 aliphatic rings. The van der Waals surface area contributed by atoms with Crippen LogP contribution in [0.2, 0.25) is 0 Å². The van der Waals surface area contributed by atoms with Gasteiger partial charge in [-0.3, -0.25) is 13.9 Å². The van der Waals surface area contributed by atoms with Gasteiger partial charge < -0.3 is 15.0 Å². The van der Waals surface area contributed by atoms with Crippen LogP contribution in [0.25, 0.3) is 0 Å². The van der Waals surface area contributed by atoms with Crippen molar-refractivity contribution in [2.45, 2.75) is 64.1 Å². The van der Waals surface area contributed by atoms with Crippen LogP contribution in [0.15, 0.2) is 82.2 Å². The molecule has 0 saturated heterocycles. The SMILES string of the molecule is CC[C@H](C)NC(=O)[C@H](CC)N(Cc1ccc(OC)cc1)C(=O)CN(c1cccc(Br)c1)S(=O)(=O)c1ccc(C)cc1. The molecule has 3 aromatic carbocycles. The Balaban J connectivity index is 2.05. The van der Waals surface area contributed by atoms with Crippen molar-refractivity contribution < 1.29 is 22.7 Å². The van der Waals surface area contributed by atoms with Gasteiger partial charge in [-0.1, -0.05) is 65.7 Å². The van der Waals surface area contributed by atoms with E-state index in [4.69, 9.17) is 4.74 Å². The van der Waals surface area contributed by atoms with Crippen molar-refractivity contribution in [2.75, 3.05) is 18.0 Å². The first-order valence-corrected chi connectivity index (χ1v) is 15.8. The summed E-state index contributed by atoms with van der Waals surface area (Å²) in [6.07, 6.45) is 1.09. The minimum atomic E-state index is -4.13. The highest BCUT2D eigenvalue weighted by Crippen LogP contribution is 2.27. The Morgan fingerprint density at radius 2 is 1.63 bits per heavy atom. The zero-order valence-electron chi connectivity index (χ0n) is 24.1. The number of ether oxygens (including phenoxy) is 1. The third-order valence-corrected chi connectivity index (χ3v) is 9.16. The second-order valence-electron chi connectivity index (χ2n) is 9.92. The van der Waals surface area contributed by atoms with Gasteiger partial charge in [-0.25, -0.2) is 8.42 Å². The minimum Gasteiger partial charge on any atom is -0.497 e. The van der Waals surface area contributed by atoms with Crippen LogP contribution >= 0.6 is 15.9 Å². The first-order valence-electron chi connectivity index (χ1n) is 13.6. The van der Waals surface area contributed by atoms with Crippen LogP contribution in [0.1, 0.15) is 44.7 Å². The summed E-state index contributed by atoms with van der Waals surface area (Å²) < 4.78 is 34.9. The lowest BCUT2D eigenvalue weighted by Gasteiger charge is -2.33. The summed E-state index contributed by atoms with van der Waals surface area (Å²) in [4.78, 5) is 29.0. The van der Waals surface area contributed by atoms with E-state index in [1.165, 1.54) is 17.0 Å². The second kappa shape index (κ2) is 14.5. The van der Waals surface area contributed by atoms with Crippen LogP contribution in [0.5, 0.6) is 5.75 Å². The average molecular weight is 645 g/mol. The number of sulfonamides is 1. The molecule has 220 valence electrons. The third-order valence-electron chi connectivity index (χ3n) is 6.88. The molecule has 1 N–H and O–H groups in total. The summed E-state index contributed by atoms with van der Waals surface area (Å²) in [7, 11) is -2.55. The maximum atomic E-state index is 14.1. The predicted octanol–water partition coefficient (Wildman–Crippen LogP) is 5.68. The number of aryl methyl sites for hydroxylation is 1.